The van der Waals surface area contributed by atoms with Crippen LogP contribution in [0.2, 0.25) is 0 Å². The fourth-order valence-corrected chi connectivity index (χ4v) is 1.62. The van der Waals surface area contributed by atoms with E-state index in [1.807, 2.05) is 0 Å². The Labute approximate surface area is 151 Å². The second-order valence-corrected chi connectivity index (χ2v) is 4.30. The molecule has 17 heavy (non-hydrogen) atoms. The summed E-state index contributed by atoms with van der Waals surface area (Å²) < 4.78 is 0. The van der Waals surface area contributed by atoms with Gasteiger partial charge in [-0.3, -0.25) is 4.79 Å². The third-order valence-electron chi connectivity index (χ3n) is 2.69. The van der Waals surface area contributed by atoms with Crippen molar-refractivity contribution in [2.75, 3.05) is 0 Å². The molecule has 0 aliphatic carbocycles. The maximum absolute atomic E-state index is 11.1. The monoisotopic (exact) mass is 260 g/mol. The van der Waals surface area contributed by atoms with Crippen molar-refractivity contribution in [3.8, 4) is 0 Å². The number of hydrogen-bond donors (Lipinski definition) is 1. The molecule has 0 saturated heterocycles. The van der Waals surface area contributed by atoms with Gasteiger partial charge in [-0.25, -0.2) is 0 Å². The van der Waals surface area contributed by atoms with E-state index in [9.17, 15) is 4.79 Å². The van der Waals surface area contributed by atoms with Gasteiger partial charge >= 0.3 is 59.1 Å². The first-order chi connectivity index (χ1) is 7.18. The number of Topliss-reactive ketones (excluding diaryl/α,β-unsaturated/α-hetero) is 1. The quantitative estimate of drug-likeness (QED) is 0.482. The zero-order valence-corrected chi connectivity index (χ0v) is 10.1. The molecule has 2 N–H and O–H groups in total. The molecular formula is C13H28NNa2O. The minimum atomic E-state index is -0.519. The third-order valence-corrected chi connectivity index (χ3v) is 2.69. The summed E-state index contributed by atoms with van der Waals surface area (Å²) in [5.74, 6) is 0.0981. The van der Waals surface area contributed by atoms with E-state index in [1.54, 1.807) is 0 Å². The van der Waals surface area contributed by atoms with Gasteiger partial charge in [0.2, 0.25) is 0 Å². The molecule has 0 fully saturated rings. The van der Waals surface area contributed by atoms with Crippen LogP contribution in [0.5, 0.6) is 0 Å². The number of carbonyl (C=O) groups is 1. The van der Waals surface area contributed by atoms with E-state index in [0.29, 0.717) is 6.42 Å². The number of hydrogen-bond acceptors (Lipinski definition) is 2. The summed E-state index contributed by atoms with van der Waals surface area (Å²) in [6, 6.07) is -0.519. The Morgan fingerprint density at radius 3 is 1.82 bits per heavy atom. The second-order valence-electron chi connectivity index (χ2n) is 4.30. The third kappa shape index (κ3) is 17.6. The molecule has 0 aliphatic heterocycles. The number of nitrogens with two attached hydrogens (primary N) is 1. The number of rotatable bonds is 10. The summed E-state index contributed by atoms with van der Waals surface area (Å²) in [4.78, 5) is 11.1. The van der Waals surface area contributed by atoms with Crippen molar-refractivity contribution >= 4 is 64.9 Å². The van der Waals surface area contributed by atoms with Gasteiger partial charge in [-0.05, 0) is 13.3 Å². The SMILES string of the molecule is [CH2]C(N)C(=O)CCCCCCCCCC.[NaH].[NaH]. The molecule has 0 aromatic rings. The Kier molecular flexibility index (Phi) is 24.6. The van der Waals surface area contributed by atoms with Crippen LogP contribution in [-0.2, 0) is 4.79 Å². The molecular weight excluding hydrogens is 232 g/mol. The van der Waals surface area contributed by atoms with Gasteiger partial charge in [0.05, 0.1) is 6.04 Å². The van der Waals surface area contributed by atoms with E-state index in [0.717, 1.165) is 12.8 Å². The van der Waals surface area contributed by atoms with Crippen LogP contribution in [0.15, 0.2) is 0 Å². The summed E-state index contributed by atoms with van der Waals surface area (Å²) in [6.45, 7) is 5.75. The van der Waals surface area contributed by atoms with E-state index < -0.39 is 6.04 Å². The number of unbranched alkanes of at least 4 members (excludes halogenated alkanes) is 7. The summed E-state index contributed by atoms with van der Waals surface area (Å²) in [5.41, 5.74) is 5.37. The molecule has 1 atom stereocenters. The fourth-order valence-electron chi connectivity index (χ4n) is 1.62. The van der Waals surface area contributed by atoms with Crippen LogP contribution in [-0.4, -0.2) is 70.9 Å². The summed E-state index contributed by atoms with van der Waals surface area (Å²) in [6.07, 6.45) is 10.7. The van der Waals surface area contributed by atoms with E-state index in [-0.39, 0.29) is 64.9 Å². The van der Waals surface area contributed by atoms with Crippen LogP contribution < -0.4 is 5.73 Å². The molecule has 0 saturated carbocycles. The average molecular weight is 260 g/mol. The van der Waals surface area contributed by atoms with E-state index >= 15 is 0 Å². The predicted molar refractivity (Wildman–Crippen MR) is 79.9 cm³/mol. The van der Waals surface area contributed by atoms with Gasteiger partial charge in [-0.2, -0.15) is 0 Å². The van der Waals surface area contributed by atoms with Crippen LogP contribution in [0.25, 0.3) is 0 Å². The molecule has 0 aromatic carbocycles. The molecule has 0 amide bonds. The van der Waals surface area contributed by atoms with Crippen molar-refractivity contribution in [2.45, 2.75) is 70.8 Å². The van der Waals surface area contributed by atoms with Crippen molar-refractivity contribution in [2.24, 2.45) is 5.73 Å². The number of ketones is 1. The zero-order valence-electron chi connectivity index (χ0n) is 10.1. The maximum atomic E-state index is 11.1. The fraction of sp³-hybridized carbons (Fsp3) is 0.846. The van der Waals surface area contributed by atoms with Gasteiger partial charge in [-0.15, -0.1) is 0 Å². The van der Waals surface area contributed by atoms with Crippen LogP contribution in [0.1, 0.15) is 64.7 Å². The van der Waals surface area contributed by atoms with Crippen molar-refractivity contribution in [1.29, 1.82) is 0 Å². The molecule has 2 nitrogen and oxygen atoms in total. The van der Waals surface area contributed by atoms with Gasteiger partial charge in [0.25, 0.3) is 0 Å². The van der Waals surface area contributed by atoms with Crippen LogP contribution in [0.3, 0.4) is 0 Å². The molecule has 0 aromatic heterocycles. The first-order valence-corrected chi connectivity index (χ1v) is 6.30. The molecule has 0 spiro atoms. The predicted octanol–water partition coefficient (Wildman–Crippen LogP) is 1.95. The molecule has 0 heterocycles. The van der Waals surface area contributed by atoms with Crippen molar-refractivity contribution < 1.29 is 4.79 Å². The van der Waals surface area contributed by atoms with E-state index in [4.69, 9.17) is 5.73 Å². The minimum absolute atomic E-state index is 0. The standard InChI is InChI=1S/C13H26NO.2Na.2H/c1-3-4-5-6-7-8-9-10-11-13(15)12(2)14;;;;/h12H,2-11,14H2,1H3;;;;. The Balaban J connectivity index is -0.000000980. The normalized spacial score (nSPS) is 11.2. The first kappa shape index (κ1) is 23.7. The van der Waals surface area contributed by atoms with E-state index in [1.165, 1.54) is 38.5 Å². The molecule has 0 bridgehead atoms. The Bertz CT molecular complexity index is 163. The second kappa shape index (κ2) is 17.6. The number of carbonyl (C=O) groups excluding carboxylic acids is 1. The Hall–Kier alpha value is 1.63. The van der Waals surface area contributed by atoms with Crippen LogP contribution in [0, 0.1) is 6.92 Å². The molecule has 4 heteroatoms. The average Bonchev–Trinajstić information content (AvgIpc) is 2.21. The van der Waals surface area contributed by atoms with Gasteiger partial charge in [-0.1, -0.05) is 51.9 Å². The van der Waals surface area contributed by atoms with Crippen molar-refractivity contribution in [3.63, 3.8) is 0 Å². The molecule has 0 aliphatic rings. The summed E-state index contributed by atoms with van der Waals surface area (Å²) >= 11 is 0. The Morgan fingerprint density at radius 2 is 1.41 bits per heavy atom. The first-order valence-electron chi connectivity index (χ1n) is 6.30. The summed E-state index contributed by atoms with van der Waals surface area (Å²) in [5, 5.41) is 0. The summed E-state index contributed by atoms with van der Waals surface area (Å²) in [7, 11) is 0. The zero-order chi connectivity index (χ0) is 11.5. The van der Waals surface area contributed by atoms with Crippen molar-refractivity contribution in [3.05, 3.63) is 6.92 Å². The molecule has 93 valence electrons. The van der Waals surface area contributed by atoms with Crippen LogP contribution in [0.4, 0.5) is 0 Å². The molecule has 0 rings (SSSR count). The van der Waals surface area contributed by atoms with Gasteiger partial charge in [0.1, 0.15) is 5.78 Å². The van der Waals surface area contributed by atoms with Gasteiger partial charge in [0.15, 0.2) is 0 Å². The van der Waals surface area contributed by atoms with Gasteiger partial charge in [0, 0.05) is 6.42 Å². The van der Waals surface area contributed by atoms with E-state index in [2.05, 4.69) is 13.8 Å². The van der Waals surface area contributed by atoms with Crippen molar-refractivity contribution in [1.82, 2.24) is 0 Å². The van der Waals surface area contributed by atoms with Gasteiger partial charge < -0.3 is 5.73 Å². The topological polar surface area (TPSA) is 43.1 Å². The Morgan fingerprint density at radius 1 is 1.00 bits per heavy atom. The molecule has 1 unspecified atom stereocenters. The molecule has 1 radical (unpaired) electrons. The van der Waals surface area contributed by atoms with Crippen LogP contribution >= 0.6 is 0 Å².